The number of rotatable bonds is 0. The molecule has 0 atom stereocenters. The molecule has 0 rings (SSSR count). The molecule has 0 spiro atoms. The molecule has 0 radical (unpaired) electrons. The molecule has 0 saturated heterocycles. The Kier molecular flexibility index (Phi) is 70.9. The molecule has 0 aliphatic rings. The van der Waals surface area contributed by atoms with Crippen LogP contribution in [-0.4, -0.2) is 31.3 Å². The van der Waals surface area contributed by atoms with E-state index in [1.165, 1.54) is 0 Å². The molecular weight excluding hydrogens is 206 g/mol. The second-order valence-corrected chi connectivity index (χ2v) is 2.37. The second-order valence-electron chi connectivity index (χ2n) is 2.37. The van der Waals surface area contributed by atoms with E-state index in [0.717, 1.165) is 0 Å². The molecule has 0 aromatic carbocycles. The Morgan fingerprint density at radius 2 is 0.900 bits per heavy atom. The fourth-order valence-corrected chi connectivity index (χ4v) is 0. The molecule has 0 aliphatic heterocycles. The number of hydrogen-bond donors (Lipinski definition) is 1. The molecule has 0 saturated carbocycles. The summed E-state index contributed by atoms with van der Waals surface area (Å²) in [6.07, 6.45) is 0. The molecule has 6 heteroatoms. The van der Waals surface area contributed by atoms with Crippen LogP contribution in [0.1, 0.15) is 20.8 Å². The average molecular weight is 220 g/mol. The van der Waals surface area contributed by atoms with E-state index in [4.69, 9.17) is 5.73 Å². The maximum atomic E-state index is 5.35. The molecule has 0 heterocycles. The van der Waals surface area contributed by atoms with Crippen molar-refractivity contribution in [3.63, 3.8) is 0 Å². The molecule has 2 N–H and O–H groups in total. The molecule has 0 aliphatic carbocycles. The summed E-state index contributed by atoms with van der Waals surface area (Å²) in [6.45, 7) is 5.90. The Labute approximate surface area is 94.8 Å². The van der Waals surface area contributed by atoms with E-state index in [-0.39, 0.29) is 68.5 Å². The smallest absolute Gasteiger partial charge is 1.00 e. The van der Waals surface area contributed by atoms with Crippen molar-refractivity contribution in [1.82, 2.24) is 0 Å². The Balaban J connectivity index is -0.00000000800. The molecule has 0 aromatic rings. The van der Waals surface area contributed by atoms with Crippen LogP contribution < -0.4 is 43.0 Å². The minimum absolute atomic E-state index is 0. The van der Waals surface area contributed by atoms with Crippen molar-refractivity contribution in [3.8, 4) is 0 Å². The van der Waals surface area contributed by atoms with Gasteiger partial charge in [-0.25, -0.2) is 0 Å². The van der Waals surface area contributed by atoms with Gasteiger partial charge in [0.05, 0.1) is 8.41 Å². The zero-order valence-corrected chi connectivity index (χ0v) is 9.21. The van der Waals surface area contributed by atoms with Gasteiger partial charge in [-0.05, 0) is 20.8 Å². The SMILES string of the molecule is B.CC(C)(C)N.[Al+3].[Cl-].[Cl-].[Cl-]. The van der Waals surface area contributed by atoms with Crippen LogP contribution in [0.3, 0.4) is 0 Å². The van der Waals surface area contributed by atoms with Crippen molar-refractivity contribution in [2.45, 2.75) is 26.3 Å². The van der Waals surface area contributed by atoms with Gasteiger partial charge in [0.2, 0.25) is 0 Å². The molecule has 0 amide bonds. The first-order chi connectivity index (χ1) is 2.00. The summed E-state index contributed by atoms with van der Waals surface area (Å²) in [5.74, 6) is 0. The predicted octanol–water partition coefficient (Wildman–Crippen LogP) is -9.81. The maximum absolute atomic E-state index is 5.35. The number of nitrogens with two attached hydrogens (primary N) is 1. The first kappa shape index (κ1) is 42.2. The zero-order chi connectivity index (χ0) is 4.50. The number of hydrogen-bond acceptors (Lipinski definition) is 1. The minimum Gasteiger partial charge on any atom is -1.00 e. The third-order valence-electron chi connectivity index (χ3n) is 0. The van der Waals surface area contributed by atoms with Crippen molar-refractivity contribution in [3.05, 3.63) is 0 Å². The van der Waals surface area contributed by atoms with Gasteiger partial charge in [0.15, 0.2) is 0 Å². The molecule has 0 fully saturated rings. The predicted molar refractivity (Wildman–Crippen MR) is 39.6 cm³/mol. The van der Waals surface area contributed by atoms with E-state index in [9.17, 15) is 0 Å². The van der Waals surface area contributed by atoms with Gasteiger partial charge in [-0.1, -0.05) is 0 Å². The van der Waals surface area contributed by atoms with Crippen LogP contribution in [0.25, 0.3) is 0 Å². The third kappa shape index (κ3) is 329. The third-order valence-corrected chi connectivity index (χ3v) is 0. The summed E-state index contributed by atoms with van der Waals surface area (Å²) in [4.78, 5) is 0. The summed E-state index contributed by atoms with van der Waals surface area (Å²) in [6, 6.07) is 0. The van der Waals surface area contributed by atoms with Crippen molar-refractivity contribution < 1.29 is 37.2 Å². The minimum atomic E-state index is 0. The van der Waals surface area contributed by atoms with E-state index in [2.05, 4.69) is 0 Å². The summed E-state index contributed by atoms with van der Waals surface area (Å²) < 4.78 is 0. The van der Waals surface area contributed by atoms with Gasteiger partial charge in [-0.3, -0.25) is 0 Å². The Hall–Kier alpha value is 1.43. The van der Waals surface area contributed by atoms with E-state index >= 15 is 0 Å². The van der Waals surface area contributed by atoms with Gasteiger partial charge in [0, 0.05) is 5.54 Å². The monoisotopic (exact) mass is 219 g/mol. The molecule has 62 valence electrons. The summed E-state index contributed by atoms with van der Waals surface area (Å²) in [5, 5.41) is 0. The quantitative estimate of drug-likeness (QED) is 0.403. The fraction of sp³-hybridized carbons (Fsp3) is 1.00. The Morgan fingerprint density at radius 3 is 0.900 bits per heavy atom. The van der Waals surface area contributed by atoms with Crippen LogP contribution in [0.4, 0.5) is 0 Å². The van der Waals surface area contributed by atoms with E-state index in [1.54, 1.807) is 0 Å². The van der Waals surface area contributed by atoms with E-state index in [1.807, 2.05) is 20.8 Å². The van der Waals surface area contributed by atoms with Crippen LogP contribution >= 0.6 is 0 Å². The van der Waals surface area contributed by atoms with Gasteiger partial charge in [0.25, 0.3) is 0 Å². The molecule has 1 nitrogen and oxygen atoms in total. The molecule has 0 aromatic heterocycles. The van der Waals surface area contributed by atoms with Crippen molar-refractivity contribution >= 4 is 25.8 Å². The van der Waals surface area contributed by atoms with E-state index < -0.39 is 0 Å². The molecule has 0 bridgehead atoms. The summed E-state index contributed by atoms with van der Waals surface area (Å²) in [7, 11) is 0. The van der Waals surface area contributed by atoms with Gasteiger partial charge in [-0.15, -0.1) is 0 Å². The largest absolute Gasteiger partial charge is 3.00 e. The van der Waals surface area contributed by atoms with Crippen LogP contribution in [0, 0.1) is 0 Å². The first-order valence-corrected chi connectivity index (χ1v) is 1.79. The van der Waals surface area contributed by atoms with Gasteiger partial charge < -0.3 is 43.0 Å². The molecule has 10 heavy (non-hydrogen) atoms. The topological polar surface area (TPSA) is 26.0 Å². The van der Waals surface area contributed by atoms with Gasteiger partial charge in [-0.2, -0.15) is 0 Å². The zero-order valence-electron chi connectivity index (χ0n) is 5.79. The van der Waals surface area contributed by atoms with Crippen LogP contribution in [-0.2, 0) is 0 Å². The molecular formula is C4H14AlBCl3N. The Morgan fingerprint density at radius 1 is 0.900 bits per heavy atom. The van der Waals surface area contributed by atoms with Crippen molar-refractivity contribution in [2.75, 3.05) is 0 Å². The Bertz CT molecular complexity index is 36.0. The van der Waals surface area contributed by atoms with Gasteiger partial charge in [0.1, 0.15) is 0 Å². The normalized spacial score (nSPS) is 6.00. The standard InChI is InChI=1S/C4H11N.Al.BH3.3ClH/c1-4(2,3)5;;;;;/h5H2,1-3H3;;1H3;3*1H/q;+3;;;;/p-3. The van der Waals surface area contributed by atoms with Crippen molar-refractivity contribution in [2.24, 2.45) is 5.73 Å². The fourth-order valence-electron chi connectivity index (χ4n) is 0. The average Bonchev–Trinajstić information content (AvgIpc) is 0.722. The van der Waals surface area contributed by atoms with Crippen molar-refractivity contribution in [1.29, 1.82) is 0 Å². The summed E-state index contributed by atoms with van der Waals surface area (Å²) in [5.41, 5.74) is 5.35. The van der Waals surface area contributed by atoms with Crippen LogP contribution in [0.5, 0.6) is 0 Å². The van der Waals surface area contributed by atoms with Crippen LogP contribution in [0.15, 0.2) is 0 Å². The molecule has 0 unspecified atom stereocenters. The first-order valence-electron chi connectivity index (χ1n) is 1.79. The van der Waals surface area contributed by atoms with Crippen LogP contribution in [0.2, 0.25) is 0 Å². The van der Waals surface area contributed by atoms with Gasteiger partial charge >= 0.3 is 17.4 Å². The second kappa shape index (κ2) is 16.8. The maximum Gasteiger partial charge on any atom is 3.00 e. The van der Waals surface area contributed by atoms with E-state index in [0.29, 0.717) is 0 Å². The number of halogens is 3. The summed E-state index contributed by atoms with van der Waals surface area (Å²) >= 11 is 0.